The molecule has 0 unspecified atom stereocenters. The van der Waals surface area contributed by atoms with Crippen LogP contribution in [0.5, 0.6) is 0 Å². The number of ketones is 1. The first kappa shape index (κ1) is 24.2. The minimum atomic E-state index is -0.509. The van der Waals surface area contributed by atoms with Crippen LogP contribution in [0, 0.1) is 5.92 Å². The molecule has 2 aliphatic carbocycles. The number of amides is 1. The summed E-state index contributed by atoms with van der Waals surface area (Å²) in [6, 6.07) is 10.5. The van der Waals surface area contributed by atoms with Crippen molar-refractivity contribution < 1.29 is 14.3 Å². The number of aromatic nitrogens is 2. The summed E-state index contributed by atoms with van der Waals surface area (Å²) >= 11 is 0. The van der Waals surface area contributed by atoms with Crippen LogP contribution in [-0.2, 0) is 4.74 Å². The first-order valence-corrected chi connectivity index (χ1v) is 12.9. The summed E-state index contributed by atoms with van der Waals surface area (Å²) in [6.07, 6.45) is 10.4. The summed E-state index contributed by atoms with van der Waals surface area (Å²) in [6.45, 7) is 5.60. The molecule has 3 aromatic rings. The van der Waals surface area contributed by atoms with Crippen molar-refractivity contribution in [2.45, 2.75) is 77.0 Å². The third-order valence-corrected chi connectivity index (χ3v) is 6.89. The number of carbonyl (C=O) groups excluding carboxylic acids is 2. The molecule has 0 bridgehead atoms. The number of benzene rings is 1. The fraction of sp³-hybridized carbons (Fsp3) is 0.448. The molecule has 2 N–H and O–H groups in total. The zero-order valence-corrected chi connectivity index (χ0v) is 21.2. The number of fused-ring (bicyclic) bond motifs is 1. The van der Waals surface area contributed by atoms with Crippen LogP contribution < -0.4 is 10.6 Å². The summed E-state index contributed by atoms with van der Waals surface area (Å²) in [5.41, 5.74) is 4.07. The molecule has 188 valence electrons. The molecule has 0 radical (unpaired) electrons. The quantitative estimate of drug-likeness (QED) is 0.407. The van der Waals surface area contributed by atoms with Gasteiger partial charge in [0.25, 0.3) is 0 Å². The minimum absolute atomic E-state index is 0.0953. The van der Waals surface area contributed by atoms with E-state index in [0.29, 0.717) is 5.56 Å². The molecule has 7 heteroatoms. The fourth-order valence-corrected chi connectivity index (χ4v) is 4.88. The SMILES string of the molecule is CC(C)(C)OC(=O)NC1CCC(Nc2c(C(=O)C3CC3)cnc3ccc(-c4ccncc4)cc23)CC1. The Morgan fingerprint density at radius 1 is 0.917 bits per heavy atom. The normalized spacial score (nSPS) is 20.1. The van der Waals surface area contributed by atoms with E-state index >= 15 is 0 Å². The number of alkyl carbamates (subject to hydrolysis) is 1. The average molecular weight is 487 g/mol. The Morgan fingerprint density at radius 2 is 1.61 bits per heavy atom. The highest BCUT2D eigenvalue weighted by Gasteiger charge is 2.33. The summed E-state index contributed by atoms with van der Waals surface area (Å²) in [7, 11) is 0. The van der Waals surface area contributed by atoms with Crippen LogP contribution in [0.1, 0.15) is 69.7 Å². The molecule has 0 atom stereocenters. The Hall–Kier alpha value is -3.48. The van der Waals surface area contributed by atoms with Gasteiger partial charge in [-0.25, -0.2) is 4.79 Å². The Labute approximate surface area is 212 Å². The first-order chi connectivity index (χ1) is 17.3. The van der Waals surface area contributed by atoms with E-state index in [1.807, 2.05) is 39.0 Å². The van der Waals surface area contributed by atoms with Crippen molar-refractivity contribution in [3.63, 3.8) is 0 Å². The van der Waals surface area contributed by atoms with Crippen LogP contribution in [0.25, 0.3) is 22.0 Å². The second-order valence-electron chi connectivity index (χ2n) is 11.0. The lowest BCUT2D eigenvalue weighted by Crippen LogP contribution is -2.42. The number of hydrogen-bond acceptors (Lipinski definition) is 6. The van der Waals surface area contributed by atoms with Gasteiger partial charge in [0, 0.05) is 42.0 Å². The highest BCUT2D eigenvalue weighted by Crippen LogP contribution is 2.38. The monoisotopic (exact) mass is 486 g/mol. The van der Waals surface area contributed by atoms with Crippen molar-refractivity contribution in [2.24, 2.45) is 5.92 Å². The number of anilines is 1. The molecule has 2 saturated carbocycles. The van der Waals surface area contributed by atoms with Gasteiger partial charge in [0.2, 0.25) is 0 Å². The molecular weight excluding hydrogens is 452 g/mol. The number of nitrogens with one attached hydrogen (secondary N) is 2. The molecule has 7 nitrogen and oxygen atoms in total. The Bertz CT molecular complexity index is 1260. The summed E-state index contributed by atoms with van der Waals surface area (Å²) in [5, 5.41) is 7.70. The molecule has 36 heavy (non-hydrogen) atoms. The molecule has 1 aromatic carbocycles. The second-order valence-corrected chi connectivity index (χ2v) is 11.0. The smallest absolute Gasteiger partial charge is 0.407 e. The maximum atomic E-state index is 13.2. The molecule has 2 aliphatic rings. The predicted molar refractivity (Wildman–Crippen MR) is 141 cm³/mol. The number of rotatable bonds is 6. The summed E-state index contributed by atoms with van der Waals surface area (Å²) in [4.78, 5) is 34.2. The molecule has 1 amide bonds. The molecular formula is C29H34N4O3. The van der Waals surface area contributed by atoms with Gasteiger partial charge in [0.15, 0.2) is 5.78 Å². The van der Waals surface area contributed by atoms with Crippen LogP contribution in [0.2, 0.25) is 0 Å². The Kier molecular flexibility index (Phi) is 6.65. The number of hydrogen-bond donors (Lipinski definition) is 2. The number of carbonyl (C=O) groups is 2. The van der Waals surface area contributed by atoms with Crippen LogP contribution >= 0.6 is 0 Å². The van der Waals surface area contributed by atoms with E-state index in [0.717, 1.165) is 66.2 Å². The topological polar surface area (TPSA) is 93.2 Å². The van der Waals surface area contributed by atoms with Gasteiger partial charge in [-0.2, -0.15) is 0 Å². The van der Waals surface area contributed by atoms with Gasteiger partial charge in [-0.1, -0.05) is 6.07 Å². The molecule has 2 heterocycles. The Morgan fingerprint density at radius 3 is 2.28 bits per heavy atom. The second kappa shape index (κ2) is 9.88. The minimum Gasteiger partial charge on any atom is -0.444 e. The van der Waals surface area contributed by atoms with E-state index in [9.17, 15) is 9.59 Å². The maximum Gasteiger partial charge on any atom is 0.407 e. The van der Waals surface area contributed by atoms with Gasteiger partial charge < -0.3 is 15.4 Å². The van der Waals surface area contributed by atoms with Crippen molar-refractivity contribution in [3.8, 4) is 11.1 Å². The van der Waals surface area contributed by atoms with Crippen molar-refractivity contribution >= 4 is 28.5 Å². The number of Topliss-reactive ketones (excluding diaryl/α,β-unsaturated/α-hetero) is 1. The standard InChI is InChI=1S/C29H34N4O3/c1-29(2,3)36-28(35)33-22-9-7-21(8-10-22)32-26-23-16-20(18-12-14-30-15-13-18)6-11-25(23)31-17-24(26)27(34)19-4-5-19/h6,11-17,19,21-22H,4-5,7-10H2,1-3H3,(H,31,32)(H,33,35). The maximum absolute atomic E-state index is 13.2. The van der Waals surface area contributed by atoms with Crippen LogP contribution in [0.4, 0.5) is 10.5 Å². The molecule has 2 aromatic heterocycles. The highest BCUT2D eigenvalue weighted by atomic mass is 16.6. The lowest BCUT2D eigenvalue weighted by Gasteiger charge is -2.31. The van der Waals surface area contributed by atoms with Crippen molar-refractivity contribution in [3.05, 3.63) is 54.5 Å². The largest absolute Gasteiger partial charge is 0.444 e. The van der Waals surface area contributed by atoms with Gasteiger partial charge in [-0.05, 0) is 94.7 Å². The predicted octanol–water partition coefficient (Wildman–Crippen LogP) is 6.14. The van der Waals surface area contributed by atoms with E-state index in [1.165, 1.54) is 0 Å². The van der Waals surface area contributed by atoms with Gasteiger partial charge in [0.1, 0.15) is 5.60 Å². The third-order valence-electron chi connectivity index (χ3n) is 6.89. The average Bonchev–Trinajstić information content (AvgIpc) is 3.70. The lowest BCUT2D eigenvalue weighted by atomic mass is 9.90. The molecule has 5 rings (SSSR count). The van der Waals surface area contributed by atoms with Gasteiger partial charge in [-0.15, -0.1) is 0 Å². The Balaban J connectivity index is 1.38. The van der Waals surface area contributed by atoms with Gasteiger partial charge in [-0.3, -0.25) is 14.8 Å². The van der Waals surface area contributed by atoms with Crippen molar-refractivity contribution in [1.82, 2.24) is 15.3 Å². The van der Waals surface area contributed by atoms with Crippen LogP contribution in [0.15, 0.2) is 48.9 Å². The van der Waals surface area contributed by atoms with E-state index in [-0.39, 0.29) is 29.9 Å². The fourth-order valence-electron chi connectivity index (χ4n) is 4.88. The van der Waals surface area contributed by atoms with E-state index < -0.39 is 5.60 Å². The van der Waals surface area contributed by atoms with Gasteiger partial charge in [0.05, 0.1) is 16.8 Å². The van der Waals surface area contributed by atoms with E-state index in [1.54, 1.807) is 18.6 Å². The van der Waals surface area contributed by atoms with Gasteiger partial charge >= 0.3 is 6.09 Å². The molecule has 0 aliphatic heterocycles. The summed E-state index contributed by atoms with van der Waals surface area (Å²) in [5.74, 6) is 0.295. The first-order valence-electron chi connectivity index (χ1n) is 12.9. The van der Waals surface area contributed by atoms with Crippen molar-refractivity contribution in [2.75, 3.05) is 5.32 Å². The van der Waals surface area contributed by atoms with E-state index in [4.69, 9.17) is 4.74 Å². The molecule has 2 fully saturated rings. The number of nitrogens with zero attached hydrogens (tertiary/aromatic N) is 2. The summed E-state index contributed by atoms with van der Waals surface area (Å²) < 4.78 is 5.42. The zero-order valence-electron chi connectivity index (χ0n) is 21.2. The number of ether oxygens (including phenoxy) is 1. The van der Waals surface area contributed by atoms with Crippen LogP contribution in [0.3, 0.4) is 0 Å². The van der Waals surface area contributed by atoms with E-state index in [2.05, 4.69) is 32.7 Å². The van der Waals surface area contributed by atoms with Crippen molar-refractivity contribution in [1.29, 1.82) is 0 Å². The highest BCUT2D eigenvalue weighted by molar-refractivity contribution is 6.10. The molecule has 0 saturated heterocycles. The number of pyridine rings is 2. The molecule has 0 spiro atoms. The lowest BCUT2D eigenvalue weighted by molar-refractivity contribution is 0.0492. The zero-order chi connectivity index (χ0) is 25.3. The van der Waals surface area contributed by atoms with Crippen LogP contribution in [-0.4, -0.2) is 39.5 Å². The third kappa shape index (κ3) is 5.66.